The Kier molecular flexibility index (Phi) is 8.07. The van der Waals surface area contributed by atoms with Crippen molar-refractivity contribution in [3.05, 3.63) is 16.6 Å². The van der Waals surface area contributed by atoms with Crippen molar-refractivity contribution in [1.82, 2.24) is 10.3 Å². The predicted octanol–water partition coefficient (Wildman–Crippen LogP) is 1.49. The number of carbonyl (C=O) groups is 1. The summed E-state index contributed by atoms with van der Waals surface area (Å²) in [6, 6.07) is -2.13. The molecule has 0 spiro atoms. The maximum atomic E-state index is 12.5. The fourth-order valence-corrected chi connectivity index (χ4v) is 2.71. The lowest BCUT2D eigenvalue weighted by atomic mass is 10.0. The molecule has 5 N–H and O–H groups in total. The number of hydrogen-bond acceptors (Lipinski definition) is 6. The number of hydrogen-bond donors (Lipinski definition) is 4. The van der Waals surface area contributed by atoms with Crippen molar-refractivity contribution in [2.45, 2.75) is 63.1 Å². The van der Waals surface area contributed by atoms with Gasteiger partial charge in [0.1, 0.15) is 11.1 Å². The van der Waals surface area contributed by atoms with Crippen LogP contribution in [-0.4, -0.2) is 45.5 Å². The Hall–Kier alpha value is -1.23. The zero-order valence-electron chi connectivity index (χ0n) is 13.2. The topological polar surface area (TPSA) is 108 Å². The molecule has 0 bridgehead atoms. The molecule has 0 aliphatic heterocycles. The van der Waals surface area contributed by atoms with Gasteiger partial charge in [0.15, 0.2) is 0 Å². The highest BCUT2D eigenvalue weighted by Crippen LogP contribution is 2.27. The lowest BCUT2D eigenvalue weighted by Crippen LogP contribution is -2.48. The van der Waals surface area contributed by atoms with E-state index in [9.17, 15) is 28.2 Å². The van der Waals surface area contributed by atoms with Crippen LogP contribution in [0.4, 0.5) is 13.2 Å². The van der Waals surface area contributed by atoms with E-state index in [-0.39, 0.29) is 17.8 Å². The minimum Gasteiger partial charge on any atom is -0.393 e. The predicted molar refractivity (Wildman–Crippen MR) is 83.2 cm³/mol. The maximum Gasteiger partial charge on any atom is 0.389 e. The first kappa shape index (κ1) is 20.8. The van der Waals surface area contributed by atoms with Crippen LogP contribution in [0.15, 0.2) is 11.6 Å². The Morgan fingerprint density at radius 1 is 1.38 bits per heavy atom. The van der Waals surface area contributed by atoms with E-state index in [0.29, 0.717) is 0 Å². The van der Waals surface area contributed by atoms with Crippen molar-refractivity contribution in [3.63, 3.8) is 0 Å². The molecular weight excluding hydrogens is 347 g/mol. The molecule has 1 amide bonds. The van der Waals surface area contributed by atoms with Crippen LogP contribution in [0.25, 0.3) is 0 Å². The summed E-state index contributed by atoms with van der Waals surface area (Å²) < 4.78 is 37.4. The molecule has 0 aliphatic rings. The summed E-state index contributed by atoms with van der Waals surface area (Å²) >= 11 is 1.08. The fraction of sp³-hybridized carbons (Fsp3) is 0.714. The highest BCUT2D eigenvalue weighted by Gasteiger charge is 2.33. The Morgan fingerprint density at radius 2 is 2.04 bits per heavy atom. The van der Waals surface area contributed by atoms with Crippen molar-refractivity contribution in [2.24, 2.45) is 5.73 Å². The first-order valence-corrected chi connectivity index (χ1v) is 8.36. The van der Waals surface area contributed by atoms with Crippen molar-refractivity contribution < 1.29 is 28.2 Å². The third-order valence-corrected chi connectivity index (χ3v) is 4.23. The van der Waals surface area contributed by atoms with E-state index in [1.54, 1.807) is 12.3 Å². The first-order valence-electron chi connectivity index (χ1n) is 7.48. The molecular formula is C14H22F3N3O3S. The largest absolute Gasteiger partial charge is 0.393 e. The second-order valence-electron chi connectivity index (χ2n) is 5.62. The molecule has 1 rings (SSSR count). The van der Waals surface area contributed by atoms with E-state index >= 15 is 0 Å². The highest BCUT2D eigenvalue weighted by molar-refractivity contribution is 7.09. The van der Waals surface area contributed by atoms with Gasteiger partial charge in [-0.2, -0.15) is 13.2 Å². The Labute approximate surface area is 141 Å². The van der Waals surface area contributed by atoms with E-state index in [1.807, 2.05) is 0 Å². The van der Waals surface area contributed by atoms with Crippen molar-refractivity contribution in [3.8, 4) is 0 Å². The minimum absolute atomic E-state index is 0.183. The Balaban J connectivity index is 2.71. The van der Waals surface area contributed by atoms with Gasteiger partial charge in [-0.05, 0) is 26.2 Å². The van der Waals surface area contributed by atoms with Crippen LogP contribution in [0.5, 0.6) is 0 Å². The maximum absolute atomic E-state index is 12.5. The van der Waals surface area contributed by atoms with E-state index in [0.717, 1.165) is 11.3 Å². The second-order valence-corrected chi connectivity index (χ2v) is 6.54. The van der Waals surface area contributed by atoms with Gasteiger partial charge in [-0.25, -0.2) is 4.98 Å². The van der Waals surface area contributed by atoms with Crippen LogP contribution in [0.3, 0.4) is 0 Å². The average molecular weight is 369 g/mol. The number of nitrogens with zero attached hydrogens (tertiary/aromatic N) is 1. The molecule has 1 heterocycles. The van der Waals surface area contributed by atoms with Gasteiger partial charge in [-0.15, -0.1) is 11.3 Å². The third-order valence-electron chi connectivity index (χ3n) is 3.38. The molecule has 6 nitrogen and oxygen atoms in total. The van der Waals surface area contributed by atoms with E-state index in [1.165, 1.54) is 6.20 Å². The number of aromatic nitrogens is 1. The normalized spacial score (nSPS) is 17.1. The minimum atomic E-state index is -4.40. The monoisotopic (exact) mass is 369 g/mol. The SMILES string of the molecule is CC(O)CC[C@H](N)C(=O)NC(CCC(F)(F)F)C(O)c1nccs1. The number of amides is 1. The van der Waals surface area contributed by atoms with Crippen LogP contribution in [0, 0.1) is 0 Å². The third kappa shape index (κ3) is 7.56. The molecule has 0 saturated heterocycles. The molecule has 24 heavy (non-hydrogen) atoms. The number of nitrogens with one attached hydrogen (secondary N) is 1. The van der Waals surface area contributed by atoms with Crippen LogP contribution in [0.1, 0.15) is 43.7 Å². The quantitative estimate of drug-likeness (QED) is 0.527. The molecule has 3 unspecified atom stereocenters. The Morgan fingerprint density at radius 3 is 2.54 bits per heavy atom. The summed E-state index contributed by atoms with van der Waals surface area (Å²) in [6.45, 7) is 1.54. The average Bonchev–Trinajstić information content (AvgIpc) is 3.01. The number of nitrogens with two attached hydrogens (primary N) is 1. The zero-order chi connectivity index (χ0) is 18.3. The number of halogens is 3. The lowest BCUT2D eigenvalue weighted by Gasteiger charge is -2.25. The molecule has 0 aromatic carbocycles. The number of aliphatic hydroxyl groups excluding tert-OH is 2. The molecule has 138 valence electrons. The number of carbonyl (C=O) groups excluding carboxylic acids is 1. The van der Waals surface area contributed by atoms with Crippen molar-refractivity contribution in [2.75, 3.05) is 0 Å². The molecule has 4 atom stereocenters. The van der Waals surface area contributed by atoms with E-state index in [2.05, 4.69) is 10.3 Å². The summed E-state index contributed by atoms with van der Waals surface area (Å²) in [6.07, 6.45) is -6.13. The number of rotatable bonds is 9. The summed E-state index contributed by atoms with van der Waals surface area (Å²) in [4.78, 5) is 15.9. The van der Waals surface area contributed by atoms with Crippen molar-refractivity contribution in [1.29, 1.82) is 0 Å². The van der Waals surface area contributed by atoms with Crippen LogP contribution in [0.2, 0.25) is 0 Å². The molecule has 0 saturated carbocycles. The lowest BCUT2D eigenvalue weighted by molar-refractivity contribution is -0.140. The zero-order valence-corrected chi connectivity index (χ0v) is 14.0. The molecule has 0 radical (unpaired) electrons. The number of thiazole rings is 1. The molecule has 0 aliphatic carbocycles. The fourth-order valence-electron chi connectivity index (χ4n) is 2.02. The van der Waals surface area contributed by atoms with Crippen molar-refractivity contribution >= 4 is 17.2 Å². The molecule has 0 fully saturated rings. The summed E-state index contributed by atoms with van der Waals surface area (Å²) in [5.41, 5.74) is 5.67. The van der Waals surface area contributed by atoms with Gasteiger partial charge in [0, 0.05) is 18.0 Å². The first-order chi connectivity index (χ1) is 11.1. The van der Waals surface area contributed by atoms with Crippen LogP contribution >= 0.6 is 11.3 Å². The van der Waals surface area contributed by atoms with Gasteiger partial charge in [0.2, 0.25) is 5.91 Å². The van der Waals surface area contributed by atoms with E-state index < -0.39 is 49.2 Å². The van der Waals surface area contributed by atoms with Crippen LogP contribution < -0.4 is 11.1 Å². The Bertz CT molecular complexity index is 497. The molecule has 1 aromatic rings. The van der Waals surface area contributed by atoms with Gasteiger partial charge in [-0.3, -0.25) is 4.79 Å². The van der Waals surface area contributed by atoms with Crippen LogP contribution in [-0.2, 0) is 4.79 Å². The van der Waals surface area contributed by atoms with Gasteiger partial charge in [0.05, 0.1) is 18.2 Å². The standard InChI is InChI=1S/C14H22F3N3O3S/c1-8(21)2-3-9(18)12(23)20-10(4-5-14(15,16)17)11(22)13-19-6-7-24-13/h6-11,21-22H,2-5,18H2,1H3,(H,20,23)/t8?,9-,10?,11?/m0/s1. The van der Waals surface area contributed by atoms with E-state index in [4.69, 9.17) is 5.73 Å². The smallest absolute Gasteiger partial charge is 0.389 e. The van der Waals surface area contributed by atoms with Gasteiger partial charge in [0.25, 0.3) is 0 Å². The summed E-state index contributed by atoms with van der Waals surface area (Å²) in [7, 11) is 0. The molecule has 1 aromatic heterocycles. The number of aliphatic hydroxyl groups is 2. The van der Waals surface area contributed by atoms with Gasteiger partial charge >= 0.3 is 6.18 Å². The molecule has 10 heteroatoms. The second kappa shape index (κ2) is 9.30. The summed E-state index contributed by atoms with van der Waals surface area (Å²) in [5, 5.41) is 23.6. The van der Waals surface area contributed by atoms with Gasteiger partial charge < -0.3 is 21.3 Å². The number of alkyl halides is 3. The summed E-state index contributed by atoms with van der Waals surface area (Å²) in [5.74, 6) is -0.668. The highest BCUT2D eigenvalue weighted by atomic mass is 32.1. The van der Waals surface area contributed by atoms with Gasteiger partial charge in [-0.1, -0.05) is 0 Å².